The number of thioether (sulfide) groups is 1. The van der Waals surface area contributed by atoms with E-state index in [9.17, 15) is 5.11 Å². The van der Waals surface area contributed by atoms with Gasteiger partial charge in [-0.25, -0.2) is 4.98 Å². The lowest BCUT2D eigenvalue weighted by Crippen LogP contribution is -2.54. The van der Waals surface area contributed by atoms with E-state index < -0.39 is 5.60 Å². The predicted octanol–water partition coefficient (Wildman–Crippen LogP) is 2.01. The second-order valence-electron chi connectivity index (χ2n) is 4.48. The molecule has 2 N–H and O–H groups in total. The monoisotopic (exact) mass is 263 g/mol. The first kappa shape index (κ1) is 13.2. The summed E-state index contributed by atoms with van der Waals surface area (Å²) in [6.07, 6.45) is 3.46. The maximum atomic E-state index is 10.4. The summed E-state index contributed by atoms with van der Waals surface area (Å²) >= 11 is 1.81. The summed E-state index contributed by atoms with van der Waals surface area (Å²) in [5.41, 5.74) is -0.0710. The molecule has 0 spiro atoms. The van der Waals surface area contributed by atoms with Crippen LogP contribution >= 0.6 is 11.8 Å². The largest absolute Gasteiger partial charge is 0.387 e. The highest BCUT2D eigenvalue weighted by molar-refractivity contribution is 8.00. The van der Waals surface area contributed by atoms with E-state index in [1.165, 1.54) is 6.20 Å². The van der Waals surface area contributed by atoms with Gasteiger partial charge in [-0.05, 0) is 30.7 Å². The van der Waals surface area contributed by atoms with Crippen LogP contribution in [0.5, 0.6) is 0 Å². The van der Waals surface area contributed by atoms with Crippen molar-refractivity contribution < 1.29 is 5.11 Å². The van der Waals surface area contributed by atoms with Gasteiger partial charge in [0.05, 0.1) is 11.2 Å². The average Bonchev–Trinajstić information content (AvgIpc) is 2.41. The second kappa shape index (κ2) is 5.59. The van der Waals surface area contributed by atoms with Crippen LogP contribution in [0.3, 0.4) is 0 Å². The molecule has 1 saturated carbocycles. The van der Waals surface area contributed by atoms with Crippen LogP contribution in [0.1, 0.15) is 25.3 Å². The summed E-state index contributed by atoms with van der Waals surface area (Å²) in [7, 11) is 0. The molecule has 1 fully saturated rings. The fourth-order valence-electron chi connectivity index (χ4n) is 2.05. The predicted molar refractivity (Wildman–Crippen MR) is 73.5 cm³/mol. The van der Waals surface area contributed by atoms with Crippen LogP contribution in [0.4, 0.5) is 5.82 Å². The van der Waals surface area contributed by atoms with Crippen molar-refractivity contribution in [3.63, 3.8) is 0 Å². The van der Waals surface area contributed by atoms with E-state index in [4.69, 9.17) is 5.26 Å². The normalized spacial score (nSPS) is 26.2. The lowest BCUT2D eigenvalue weighted by atomic mass is 9.79. The number of nitriles is 1. The molecule has 96 valence electrons. The van der Waals surface area contributed by atoms with Gasteiger partial charge < -0.3 is 10.4 Å². The fraction of sp³-hybridized carbons (Fsp3) is 0.538. The number of hydrogen-bond acceptors (Lipinski definition) is 5. The Bertz CT molecular complexity index is 443. The number of nitrogens with zero attached hydrogens (tertiary/aromatic N) is 2. The smallest absolute Gasteiger partial charge is 0.126 e. The molecule has 0 bridgehead atoms. The highest BCUT2D eigenvalue weighted by Crippen LogP contribution is 2.41. The number of nitrogens with one attached hydrogen (secondary N) is 1. The molecular formula is C13H17N3OS. The molecule has 1 aromatic rings. The molecule has 0 aliphatic heterocycles. The van der Waals surface area contributed by atoms with Gasteiger partial charge in [0.15, 0.2) is 0 Å². The van der Waals surface area contributed by atoms with Gasteiger partial charge in [-0.1, -0.05) is 6.92 Å². The molecule has 1 aliphatic carbocycles. The van der Waals surface area contributed by atoms with E-state index in [1.54, 1.807) is 12.1 Å². The van der Waals surface area contributed by atoms with Crippen molar-refractivity contribution in [3.8, 4) is 6.07 Å². The summed E-state index contributed by atoms with van der Waals surface area (Å²) < 4.78 is 0. The Morgan fingerprint density at radius 2 is 2.50 bits per heavy atom. The Morgan fingerprint density at radius 1 is 1.67 bits per heavy atom. The molecule has 0 radical (unpaired) electrons. The maximum Gasteiger partial charge on any atom is 0.126 e. The Hall–Kier alpha value is -1.25. The molecular weight excluding hydrogens is 246 g/mol. The van der Waals surface area contributed by atoms with E-state index >= 15 is 0 Å². The maximum absolute atomic E-state index is 10.4. The van der Waals surface area contributed by atoms with Gasteiger partial charge in [0.1, 0.15) is 11.9 Å². The third-order valence-electron chi connectivity index (χ3n) is 3.27. The van der Waals surface area contributed by atoms with Crippen molar-refractivity contribution >= 4 is 17.6 Å². The van der Waals surface area contributed by atoms with Gasteiger partial charge in [0, 0.05) is 18.0 Å². The molecule has 18 heavy (non-hydrogen) atoms. The Labute approximate surface area is 111 Å². The van der Waals surface area contributed by atoms with Crippen molar-refractivity contribution in [2.45, 2.75) is 30.6 Å². The van der Waals surface area contributed by atoms with Crippen molar-refractivity contribution in [3.05, 3.63) is 23.9 Å². The summed E-state index contributed by atoms with van der Waals surface area (Å²) in [5, 5.41) is 22.5. The lowest BCUT2D eigenvalue weighted by molar-refractivity contribution is -0.0120. The van der Waals surface area contributed by atoms with Crippen molar-refractivity contribution in [1.29, 1.82) is 5.26 Å². The van der Waals surface area contributed by atoms with Gasteiger partial charge >= 0.3 is 0 Å². The zero-order valence-electron chi connectivity index (χ0n) is 10.4. The van der Waals surface area contributed by atoms with Crippen LogP contribution in [-0.2, 0) is 0 Å². The quantitative estimate of drug-likeness (QED) is 0.850. The first-order chi connectivity index (χ1) is 8.68. The molecule has 4 nitrogen and oxygen atoms in total. The van der Waals surface area contributed by atoms with Crippen LogP contribution < -0.4 is 5.32 Å². The zero-order valence-corrected chi connectivity index (χ0v) is 11.2. The molecule has 1 heterocycles. The van der Waals surface area contributed by atoms with Crippen LogP contribution in [0.15, 0.2) is 18.3 Å². The number of aromatic nitrogens is 1. The van der Waals surface area contributed by atoms with Crippen LogP contribution in [0.25, 0.3) is 0 Å². The van der Waals surface area contributed by atoms with Gasteiger partial charge in [-0.3, -0.25) is 0 Å². The molecule has 5 heteroatoms. The fourth-order valence-corrected chi connectivity index (χ4v) is 3.24. The van der Waals surface area contributed by atoms with E-state index in [0.29, 0.717) is 23.2 Å². The third kappa shape index (κ3) is 2.77. The number of hydrogen-bond donors (Lipinski definition) is 2. The topological polar surface area (TPSA) is 68.9 Å². The summed E-state index contributed by atoms with van der Waals surface area (Å²) in [6, 6.07) is 5.52. The van der Waals surface area contributed by atoms with Crippen LogP contribution in [0, 0.1) is 11.3 Å². The first-order valence-electron chi connectivity index (χ1n) is 6.12. The van der Waals surface area contributed by atoms with E-state index in [1.807, 2.05) is 17.8 Å². The van der Waals surface area contributed by atoms with Gasteiger partial charge in [-0.2, -0.15) is 17.0 Å². The Balaban J connectivity index is 1.89. The molecule has 0 saturated heterocycles. The van der Waals surface area contributed by atoms with E-state index in [2.05, 4.69) is 17.2 Å². The molecule has 0 aromatic carbocycles. The molecule has 0 amide bonds. The number of pyridine rings is 1. The third-order valence-corrected chi connectivity index (χ3v) is 4.68. The number of anilines is 1. The average molecular weight is 263 g/mol. The molecule has 2 unspecified atom stereocenters. The molecule has 1 aliphatic rings. The van der Waals surface area contributed by atoms with Gasteiger partial charge in [0.2, 0.25) is 0 Å². The SMILES string of the molecule is CCSC1CCC1(O)CNc1ccc(C#N)cn1. The highest BCUT2D eigenvalue weighted by Gasteiger charge is 2.44. The van der Waals surface area contributed by atoms with Crippen molar-refractivity contribution in [1.82, 2.24) is 4.98 Å². The molecule has 2 atom stereocenters. The Kier molecular flexibility index (Phi) is 4.10. The van der Waals surface area contributed by atoms with Crippen LogP contribution in [0.2, 0.25) is 0 Å². The first-order valence-corrected chi connectivity index (χ1v) is 7.17. The number of aliphatic hydroxyl groups is 1. The van der Waals surface area contributed by atoms with Crippen molar-refractivity contribution in [2.75, 3.05) is 17.6 Å². The second-order valence-corrected chi connectivity index (χ2v) is 5.96. The standard InChI is InChI=1S/C13H17N3OS/c1-2-18-11-5-6-13(11,17)9-16-12-4-3-10(7-14)8-15-12/h3-4,8,11,17H,2,5-6,9H2,1H3,(H,15,16). The van der Waals surface area contributed by atoms with Gasteiger partial charge in [0.25, 0.3) is 0 Å². The molecule has 1 aromatic heterocycles. The van der Waals surface area contributed by atoms with E-state index in [0.717, 1.165) is 18.6 Å². The number of rotatable bonds is 5. The highest BCUT2D eigenvalue weighted by atomic mass is 32.2. The molecule has 2 rings (SSSR count). The van der Waals surface area contributed by atoms with Gasteiger partial charge in [-0.15, -0.1) is 0 Å². The summed E-state index contributed by atoms with van der Waals surface area (Å²) in [6.45, 7) is 2.63. The minimum absolute atomic E-state index is 0.327. The zero-order chi connectivity index (χ0) is 13.0. The van der Waals surface area contributed by atoms with E-state index in [-0.39, 0.29) is 0 Å². The van der Waals surface area contributed by atoms with Crippen LogP contribution in [-0.4, -0.2) is 33.2 Å². The summed E-state index contributed by atoms with van der Waals surface area (Å²) in [4.78, 5) is 4.13. The minimum atomic E-state index is -0.615. The minimum Gasteiger partial charge on any atom is -0.387 e. The summed E-state index contributed by atoms with van der Waals surface area (Å²) in [5.74, 6) is 1.73. The van der Waals surface area contributed by atoms with Crippen molar-refractivity contribution in [2.24, 2.45) is 0 Å². The Morgan fingerprint density at radius 3 is 3.00 bits per heavy atom. The lowest BCUT2D eigenvalue weighted by Gasteiger charge is -2.45.